The van der Waals surface area contributed by atoms with Crippen molar-refractivity contribution in [3.8, 4) is 5.75 Å². The molecule has 0 atom stereocenters. The molecular weight excluding hydrogens is 266 g/mol. The van der Waals surface area contributed by atoms with E-state index in [0.717, 1.165) is 0 Å². The van der Waals surface area contributed by atoms with Gasteiger partial charge < -0.3 is 9.94 Å². The van der Waals surface area contributed by atoms with Crippen LogP contribution >= 0.6 is 0 Å². The minimum Gasteiger partial charge on any atom is -0.492 e. The first-order chi connectivity index (χ1) is 8.88. The lowest BCUT2D eigenvalue weighted by Crippen LogP contribution is -2.22. The van der Waals surface area contributed by atoms with Gasteiger partial charge in [-0.1, -0.05) is 17.3 Å². The van der Waals surface area contributed by atoms with Crippen molar-refractivity contribution < 1.29 is 18.4 Å². The quantitative estimate of drug-likeness (QED) is 0.493. The Kier molecular flexibility index (Phi) is 5.35. The van der Waals surface area contributed by atoms with Crippen LogP contribution in [0.3, 0.4) is 0 Å². The SMILES string of the molecule is C/C(=N\O)c1ccccc1OCCS(=O)(=O)C(C)C. The molecule has 0 aliphatic rings. The molecule has 0 aliphatic carbocycles. The Labute approximate surface area is 113 Å². The highest BCUT2D eigenvalue weighted by molar-refractivity contribution is 7.91. The van der Waals surface area contributed by atoms with Crippen LogP contribution in [-0.4, -0.2) is 36.9 Å². The van der Waals surface area contributed by atoms with Gasteiger partial charge in [-0.2, -0.15) is 0 Å². The molecule has 1 aromatic carbocycles. The van der Waals surface area contributed by atoms with Gasteiger partial charge in [0, 0.05) is 5.56 Å². The molecule has 1 N–H and O–H groups in total. The molecule has 0 aliphatic heterocycles. The number of rotatable bonds is 6. The van der Waals surface area contributed by atoms with Gasteiger partial charge >= 0.3 is 0 Å². The second kappa shape index (κ2) is 6.56. The number of sulfone groups is 1. The standard InChI is InChI=1S/C13H19NO4S/c1-10(2)19(16,17)9-8-18-13-7-5-4-6-12(13)11(3)14-15/h4-7,10,15H,8-9H2,1-3H3/b14-11+. The molecule has 0 fully saturated rings. The average Bonchev–Trinajstić information content (AvgIpc) is 2.38. The number of para-hydroxylation sites is 1. The van der Waals surface area contributed by atoms with Crippen molar-refractivity contribution in [3.05, 3.63) is 29.8 Å². The maximum Gasteiger partial charge on any atom is 0.155 e. The van der Waals surface area contributed by atoms with Crippen molar-refractivity contribution in [1.82, 2.24) is 0 Å². The Hall–Kier alpha value is -1.56. The molecular formula is C13H19NO4S. The first-order valence-corrected chi connectivity index (χ1v) is 7.72. The molecule has 5 nitrogen and oxygen atoms in total. The molecule has 0 saturated carbocycles. The summed E-state index contributed by atoms with van der Waals surface area (Å²) in [7, 11) is -3.11. The lowest BCUT2D eigenvalue weighted by Gasteiger charge is -2.12. The summed E-state index contributed by atoms with van der Waals surface area (Å²) in [4.78, 5) is 0. The number of hydrogen-bond donors (Lipinski definition) is 1. The molecule has 19 heavy (non-hydrogen) atoms. The first-order valence-electron chi connectivity index (χ1n) is 6.01. The molecule has 0 radical (unpaired) electrons. The number of hydrogen-bond acceptors (Lipinski definition) is 5. The lowest BCUT2D eigenvalue weighted by atomic mass is 10.1. The van der Waals surface area contributed by atoms with Crippen LogP contribution in [0, 0.1) is 0 Å². The fraction of sp³-hybridized carbons (Fsp3) is 0.462. The first kappa shape index (κ1) is 15.5. The van der Waals surface area contributed by atoms with E-state index in [-0.39, 0.29) is 12.4 Å². The largest absolute Gasteiger partial charge is 0.492 e. The Morgan fingerprint density at radius 2 is 2.00 bits per heavy atom. The molecule has 0 heterocycles. The summed E-state index contributed by atoms with van der Waals surface area (Å²) in [6.45, 7) is 5.01. The molecule has 1 aromatic rings. The van der Waals surface area contributed by atoms with Crippen molar-refractivity contribution in [2.45, 2.75) is 26.0 Å². The topological polar surface area (TPSA) is 76.0 Å². The fourth-order valence-corrected chi connectivity index (χ4v) is 2.24. The van der Waals surface area contributed by atoms with Crippen LogP contribution in [0.5, 0.6) is 5.75 Å². The average molecular weight is 285 g/mol. The number of nitrogens with zero attached hydrogens (tertiary/aromatic N) is 1. The van der Waals surface area contributed by atoms with Crippen molar-refractivity contribution in [2.24, 2.45) is 5.16 Å². The molecule has 0 bridgehead atoms. The van der Waals surface area contributed by atoms with Gasteiger partial charge in [-0.25, -0.2) is 8.42 Å². The maximum absolute atomic E-state index is 11.7. The molecule has 6 heteroatoms. The molecule has 1 rings (SSSR count). The van der Waals surface area contributed by atoms with E-state index in [9.17, 15) is 8.42 Å². The van der Waals surface area contributed by atoms with Crippen LogP contribution < -0.4 is 4.74 Å². The third-order valence-corrected chi connectivity index (χ3v) is 4.94. The molecule has 0 aromatic heterocycles. The van der Waals surface area contributed by atoms with E-state index >= 15 is 0 Å². The minimum atomic E-state index is -3.11. The lowest BCUT2D eigenvalue weighted by molar-refractivity contribution is 0.317. The van der Waals surface area contributed by atoms with Gasteiger partial charge in [0.25, 0.3) is 0 Å². The van der Waals surface area contributed by atoms with Gasteiger partial charge in [-0.15, -0.1) is 0 Å². The van der Waals surface area contributed by atoms with Crippen LogP contribution in [0.15, 0.2) is 29.4 Å². The summed E-state index contributed by atoms with van der Waals surface area (Å²) in [5, 5.41) is 11.5. The molecule has 0 spiro atoms. The summed E-state index contributed by atoms with van der Waals surface area (Å²) >= 11 is 0. The third kappa shape index (κ3) is 4.24. The minimum absolute atomic E-state index is 0.0334. The number of oxime groups is 1. The smallest absolute Gasteiger partial charge is 0.155 e. The molecule has 0 unspecified atom stereocenters. The third-order valence-electron chi connectivity index (χ3n) is 2.77. The van der Waals surface area contributed by atoms with Gasteiger partial charge in [0.05, 0.1) is 16.7 Å². The zero-order chi connectivity index (χ0) is 14.5. The molecule has 0 amide bonds. The summed E-state index contributed by atoms with van der Waals surface area (Å²) in [6.07, 6.45) is 0. The second-order valence-corrected chi connectivity index (χ2v) is 7.12. The zero-order valence-electron chi connectivity index (χ0n) is 11.3. The highest BCUT2D eigenvalue weighted by atomic mass is 32.2. The van der Waals surface area contributed by atoms with Crippen molar-refractivity contribution in [2.75, 3.05) is 12.4 Å². The summed E-state index contributed by atoms with van der Waals surface area (Å²) in [6, 6.07) is 7.04. The van der Waals surface area contributed by atoms with E-state index in [1.54, 1.807) is 45.0 Å². The normalized spacial score (nSPS) is 12.7. The van der Waals surface area contributed by atoms with E-state index in [4.69, 9.17) is 9.94 Å². The van der Waals surface area contributed by atoms with E-state index in [1.165, 1.54) is 0 Å². The fourth-order valence-electron chi connectivity index (χ4n) is 1.45. The van der Waals surface area contributed by atoms with E-state index in [0.29, 0.717) is 17.0 Å². The van der Waals surface area contributed by atoms with Crippen LogP contribution in [0.1, 0.15) is 26.3 Å². The predicted octanol–water partition coefficient (Wildman–Crippen LogP) is 2.09. The van der Waals surface area contributed by atoms with Crippen molar-refractivity contribution in [3.63, 3.8) is 0 Å². The maximum atomic E-state index is 11.7. The molecule has 0 saturated heterocycles. The Morgan fingerprint density at radius 3 is 2.58 bits per heavy atom. The Balaban J connectivity index is 2.75. The Bertz CT molecular complexity index is 550. The monoisotopic (exact) mass is 285 g/mol. The van der Waals surface area contributed by atoms with Gasteiger partial charge in [0.15, 0.2) is 9.84 Å². The predicted molar refractivity (Wildman–Crippen MR) is 74.9 cm³/mol. The van der Waals surface area contributed by atoms with Crippen LogP contribution in [0.2, 0.25) is 0 Å². The van der Waals surface area contributed by atoms with Crippen molar-refractivity contribution >= 4 is 15.5 Å². The second-order valence-electron chi connectivity index (χ2n) is 4.45. The van der Waals surface area contributed by atoms with Crippen LogP contribution in [0.4, 0.5) is 0 Å². The van der Waals surface area contributed by atoms with Gasteiger partial charge in [-0.05, 0) is 32.9 Å². The highest BCUT2D eigenvalue weighted by Gasteiger charge is 2.16. The zero-order valence-corrected chi connectivity index (χ0v) is 12.1. The molecule has 106 valence electrons. The summed E-state index contributed by atoms with van der Waals surface area (Å²) < 4.78 is 28.8. The number of benzene rings is 1. The van der Waals surface area contributed by atoms with Gasteiger partial charge in [0.2, 0.25) is 0 Å². The highest BCUT2D eigenvalue weighted by Crippen LogP contribution is 2.19. The van der Waals surface area contributed by atoms with Crippen LogP contribution in [-0.2, 0) is 9.84 Å². The van der Waals surface area contributed by atoms with Crippen molar-refractivity contribution in [1.29, 1.82) is 0 Å². The van der Waals surface area contributed by atoms with Gasteiger partial charge in [0.1, 0.15) is 12.4 Å². The van der Waals surface area contributed by atoms with E-state index in [2.05, 4.69) is 5.16 Å². The van der Waals surface area contributed by atoms with Gasteiger partial charge in [-0.3, -0.25) is 0 Å². The van der Waals surface area contributed by atoms with E-state index < -0.39 is 15.1 Å². The number of ether oxygens (including phenoxy) is 1. The Morgan fingerprint density at radius 1 is 1.37 bits per heavy atom. The summed E-state index contributed by atoms with van der Waals surface area (Å²) in [5.41, 5.74) is 1.06. The summed E-state index contributed by atoms with van der Waals surface area (Å²) in [5.74, 6) is 0.477. The van der Waals surface area contributed by atoms with E-state index in [1.807, 2.05) is 0 Å². The van der Waals surface area contributed by atoms with Crippen LogP contribution in [0.25, 0.3) is 0 Å².